The summed E-state index contributed by atoms with van der Waals surface area (Å²) in [5.74, 6) is -0.350. The second-order valence-corrected chi connectivity index (χ2v) is 5.32. The van der Waals surface area contributed by atoms with Crippen LogP contribution >= 0.6 is 0 Å². The number of aromatic nitrogens is 2. The summed E-state index contributed by atoms with van der Waals surface area (Å²) in [7, 11) is 0. The van der Waals surface area contributed by atoms with Gasteiger partial charge in [0.2, 0.25) is 5.89 Å². The number of carboxylic acid groups (broad SMARTS) is 1. The van der Waals surface area contributed by atoms with Crippen LogP contribution in [0, 0.1) is 5.92 Å². The van der Waals surface area contributed by atoms with E-state index in [0.717, 1.165) is 26.1 Å². The van der Waals surface area contributed by atoms with Crippen LogP contribution < -0.4 is 0 Å². The summed E-state index contributed by atoms with van der Waals surface area (Å²) in [6.07, 6.45) is 5.80. The number of nitrogens with zero attached hydrogens (tertiary/aromatic N) is 3. The molecule has 1 N–H and O–H groups in total. The fraction of sp³-hybridized carbons (Fsp3) is 0.667. The Morgan fingerprint density at radius 2 is 2.10 bits per heavy atom. The van der Waals surface area contributed by atoms with E-state index in [1.165, 1.54) is 0 Å². The Morgan fingerprint density at radius 3 is 2.76 bits per heavy atom. The van der Waals surface area contributed by atoms with Gasteiger partial charge in [0.05, 0.1) is 11.8 Å². The lowest BCUT2D eigenvalue weighted by molar-refractivity contribution is -0.142. The maximum Gasteiger partial charge on any atom is 0.307 e. The number of carbonyl (C=O) groups is 1. The van der Waals surface area contributed by atoms with Crippen LogP contribution in [0.25, 0.3) is 0 Å². The van der Waals surface area contributed by atoms with Crippen molar-refractivity contribution in [2.24, 2.45) is 5.92 Å². The summed E-state index contributed by atoms with van der Waals surface area (Å²) < 4.78 is 5.31. The van der Waals surface area contributed by atoms with Crippen molar-refractivity contribution in [3.05, 3.63) is 23.9 Å². The van der Waals surface area contributed by atoms with E-state index in [9.17, 15) is 9.90 Å². The van der Waals surface area contributed by atoms with Crippen LogP contribution in [0.4, 0.5) is 0 Å². The lowest BCUT2D eigenvalue weighted by Crippen LogP contribution is -2.25. The third-order valence-electron chi connectivity index (χ3n) is 4.10. The molecule has 0 aromatic carbocycles. The topological polar surface area (TPSA) is 79.5 Å². The SMILES string of the molecule is CCN(CC)CCc1noc([C@@H]2CC=CC[C@@H]2C(=O)O)n1. The quantitative estimate of drug-likeness (QED) is 0.775. The molecule has 2 atom stereocenters. The molecule has 1 aromatic rings. The molecule has 6 nitrogen and oxygen atoms in total. The van der Waals surface area contributed by atoms with Gasteiger partial charge in [0.25, 0.3) is 0 Å². The van der Waals surface area contributed by atoms with Crippen LogP contribution in [0.3, 0.4) is 0 Å². The molecule has 0 fully saturated rings. The van der Waals surface area contributed by atoms with E-state index < -0.39 is 11.9 Å². The molecular formula is C15H23N3O3. The molecule has 1 heterocycles. The highest BCUT2D eigenvalue weighted by Crippen LogP contribution is 2.33. The van der Waals surface area contributed by atoms with E-state index in [-0.39, 0.29) is 5.92 Å². The largest absolute Gasteiger partial charge is 0.481 e. The number of allylic oxidation sites excluding steroid dienone is 2. The zero-order valence-electron chi connectivity index (χ0n) is 12.7. The number of hydrogen-bond acceptors (Lipinski definition) is 5. The van der Waals surface area contributed by atoms with Crippen LogP contribution in [0.5, 0.6) is 0 Å². The van der Waals surface area contributed by atoms with Gasteiger partial charge in [0.1, 0.15) is 0 Å². The molecular weight excluding hydrogens is 270 g/mol. The summed E-state index contributed by atoms with van der Waals surface area (Å²) in [5, 5.41) is 13.3. The second kappa shape index (κ2) is 7.36. The minimum Gasteiger partial charge on any atom is -0.481 e. The van der Waals surface area contributed by atoms with Crippen molar-refractivity contribution >= 4 is 5.97 Å². The van der Waals surface area contributed by atoms with Gasteiger partial charge in [-0.05, 0) is 25.9 Å². The van der Waals surface area contributed by atoms with E-state index >= 15 is 0 Å². The van der Waals surface area contributed by atoms with Crippen LogP contribution in [-0.2, 0) is 11.2 Å². The Kier molecular flexibility index (Phi) is 5.50. The van der Waals surface area contributed by atoms with Gasteiger partial charge in [-0.3, -0.25) is 4.79 Å². The summed E-state index contributed by atoms with van der Waals surface area (Å²) in [6.45, 7) is 7.12. The van der Waals surface area contributed by atoms with Crippen LogP contribution in [0.1, 0.15) is 44.3 Å². The molecule has 0 aliphatic heterocycles. The normalized spacial score (nSPS) is 21.9. The molecule has 0 saturated heterocycles. The molecule has 0 radical (unpaired) electrons. The third kappa shape index (κ3) is 3.91. The van der Waals surface area contributed by atoms with Crippen LogP contribution in [-0.4, -0.2) is 45.8 Å². The van der Waals surface area contributed by atoms with E-state index in [1.54, 1.807) is 0 Å². The van der Waals surface area contributed by atoms with Gasteiger partial charge < -0.3 is 14.5 Å². The molecule has 21 heavy (non-hydrogen) atoms. The average Bonchev–Trinajstić information content (AvgIpc) is 2.97. The number of rotatable bonds is 7. The fourth-order valence-electron chi connectivity index (χ4n) is 2.68. The van der Waals surface area contributed by atoms with E-state index in [4.69, 9.17) is 4.52 Å². The number of aliphatic carboxylic acids is 1. The third-order valence-corrected chi connectivity index (χ3v) is 4.10. The van der Waals surface area contributed by atoms with Crippen molar-refractivity contribution in [3.8, 4) is 0 Å². The van der Waals surface area contributed by atoms with Crippen LogP contribution in [0.15, 0.2) is 16.7 Å². The molecule has 2 rings (SSSR count). The molecule has 0 bridgehead atoms. The van der Waals surface area contributed by atoms with Gasteiger partial charge in [0.15, 0.2) is 5.82 Å². The van der Waals surface area contributed by atoms with Crippen molar-refractivity contribution in [2.45, 2.75) is 39.0 Å². The van der Waals surface area contributed by atoms with Crippen LogP contribution in [0.2, 0.25) is 0 Å². The van der Waals surface area contributed by atoms with E-state index in [1.807, 2.05) is 12.2 Å². The van der Waals surface area contributed by atoms with Crippen molar-refractivity contribution in [1.82, 2.24) is 15.0 Å². The van der Waals surface area contributed by atoms with Gasteiger partial charge >= 0.3 is 5.97 Å². The molecule has 6 heteroatoms. The van der Waals surface area contributed by atoms with Gasteiger partial charge in [-0.15, -0.1) is 0 Å². The van der Waals surface area contributed by atoms with Gasteiger partial charge in [-0.25, -0.2) is 0 Å². The lowest BCUT2D eigenvalue weighted by atomic mass is 9.83. The van der Waals surface area contributed by atoms with E-state index in [0.29, 0.717) is 24.6 Å². The first-order chi connectivity index (χ1) is 10.2. The molecule has 0 amide bonds. The lowest BCUT2D eigenvalue weighted by Gasteiger charge is -2.21. The molecule has 1 aliphatic carbocycles. The Bertz CT molecular complexity index is 494. The molecule has 0 saturated carbocycles. The first-order valence-electron chi connectivity index (χ1n) is 7.58. The molecule has 0 unspecified atom stereocenters. The van der Waals surface area contributed by atoms with Crippen molar-refractivity contribution < 1.29 is 14.4 Å². The van der Waals surface area contributed by atoms with E-state index in [2.05, 4.69) is 28.9 Å². The first kappa shape index (κ1) is 15.7. The fourth-order valence-corrected chi connectivity index (χ4v) is 2.68. The van der Waals surface area contributed by atoms with Gasteiger partial charge in [0, 0.05) is 13.0 Å². The zero-order valence-corrected chi connectivity index (χ0v) is 12.7. The minimum atomic E-state index is -0.799. The predicted molar refractivity (Wildman–Crippen MR) is 78.0 cm³/mol. The minimum absolute atomic E-state index is 0.206. The zero-order chi connectivity index (χ0) is 15.2. The average molecular weight is 293 g/mol. The number of carboxylic acids is 1. The van der Waals surface area contributed by atoms with Crippen molar-refractivity contribution in [3.63, 3.8) is 0 Å². The Balaban J connectivity index is 2.01. The summed E-state index contributed by atoms with van der Waals surface area (Å²) >= 11 is 0. The Morgan fingerprint density at radius 1 is 1.38 bits per heavy atom. The molecule has 1 aromatic heterocycles. The first-order valence-corrected chi connectivity index (χ1v) is 7.58. The summed E-state index contributed by atoms with van der Waals surface area (Å²) in [5.41, 5.74) is 0. The highest BCUT2D eigenvalue weighted by molar-refractivity contribution is 5.71. The molecule has 1 aliphatic rings. The number of likely N-dealkylation sites (N-methyl/N-ethyl adjacent to an activating group) is 1. The van der Waals surface area contributed by atoms with Crippen molar-refractivity contribution in [1.29, 1.82) is 0 Å². The highest BCUT2D eigenvalue weighted by Gasteiger charge is 2.33. The monoisotopic (exact) mass is 293 g/mol. The Hall–Kier alpha value is -1.69. The molecule has 116 valence electrons. The standard InChI is InChI=1S/C15H23N3O3/c1-3-18(4-2)10-9-13-16-14(21-17-13)11-7-5-6-8-12(11)15(19)20/h5-6,11-12H,3-4,7-10H2,1-2H3,(H,19,20)/t11-,12+/m1/s1. The summed E-state index contributed by atoms with van der Waals surface area (Å²) in [6, 6.07) is 0. The maximum absolute atomic E-state index is 11.3. The molecule has 0 spiro atoms. The second-order valence-electron chi connectivity index (χ2n) is 5.32. The summed E-state index contributed by atoms with van der Waals surface area (Å²) in [4.78, 5) is 18.0. The predicted octanol–water partition coefficient (Wildman–Crippen LogP) is 2.09. The van der Waals surface area contributed by atoms with Crippen molar-refractivity contribution in [2.75, 3.05) is 19.6 Å². The van der Waals surface area contributed by atoms with Gasteiger partial charge in [-0.2, -0.15) is 4.98 Å². The maximum atomic E-state index is 11.3. The van der Waals surface area contributed by atoms with Gasteiger partial charge in [-0.1, -0.05) is 31.2 Å². The highest BCUT2D eigenvalue weighted by atomic mass is 16.5. The number of hydrogen-bond donors (Lipinski definition) is 1. The Labute approximate surface area is 124 Å². The smallest absolute Gasteiger partial charge is 0.307 e.